The monoisotopic (exact) mass is 339 g/mol. The fourth-order valence-corrected chi connectivity index (χ4v) is 2.43. The Morgan fingerprint density at radius 2 is 2.15 bits per heavy atom. The van der Waals surface area contributed by atoms with Gasteiger partial charge in [0.1, 0.15) is 5.58 Å². The Hall–Kier alpha value is -1.33. The molecule has 1 heterocycles. The lowest BCUT2D eigenvalue weighted by atomic mass is 10.1. The van der Waals surface area contributed by atoms with E-state index in [2.05, 4.69) is 21.2 Å². The third-order valence-corrected chi connectivity index (χ3v) is 3.92. The Morgan fingerprint density at radius 1 is 1.45 bits per heavy atom. The van der Waals surface area contributed by atoms with E-state index >= 15 is 0 Å². The number of hydrogen-bond donors (Lipinski definition) is 2. The van der Waals surface area contributed by atoms with Crippen molar-refractivity contribution in [1.29, 1.82) is 0 Å². The predicted octanol–water partition coefficient (Wildman–Crippen LogP) is 3.25. The van der Waals surface area contributed by atoms with E-state index in [1.165, 1.54) is 0 Å². The van der Waals surface area contributed by atoms with Crippen LogP contribution in [-0.2, 0) is 0 Å². The van der Waals surface area contributed by atoms with Gasteiger partial charge in [-0.3, -0.25) is 4.79 Å². The minimum atomic E-state index is -0.289. The number of rotatable bonds is 4. The first-order chi connectivity index (χ1) is 9.43. The molecular formula is C15H18BrNO3. The first-order valence-electron chi connectivity index (χ1n) is 6.54. The van der Waals surface area contributed by atoms with E-state index in [-0.39, 0.29) is 24.5 Å². The van der Waals surface area contributed by atoms with Crippen molar-refractivity contribution in [1.82, 2.24) is 5.32 Å². The highest BCUT2D eigenvalue weighted by Gasteiger charge is 2.21. The summed E-state index contributed by atoms with van der Waals surface area (Å²) < 4.78 is 6.57. The molecule has 0 fully saturated rings. The number of aryl methyl sites for hydroxylation is 1. The van der Waals surface area contributed by atoms with Crippen molar-refractivity contribution in [2.75, 3.05) is 6.61 Å². The molecule has 0 saturated carbocycles. The van der Waals surface area contributed by atoms with Crippen LogP contribution in [0.2, 0.25) is 0 Å². The summed E-state index contributed by atoms with van der Waals surface area (Å²) in [6, 6.07) is 5.35. The number of aliphatic hydroxyl groups excluding tert-OH is 1. The van der Waals surface area contributed by atoms with Crippen LogP contribution in [0.1, 0.15) is 30.0 Å². The minimum Gasteiger partial charge on any atom is -0.451 e. The van der Waals surface area contributed by atoms with Crippen LogP contribution in [0.5, 0.6) is 0 Å². The van der Waals surface area contributed by atoms with Gasteiger partial charge in [0, 0.05) is 15.4 Å². The van der Waals surface area contributed by atoms with E-state index in [1.807, 2.05) is 39.0 Å². The number of nitrogens with one attached hydrogen (secondary N) is 1. The molecule has 108 valence electrons. The Kier molecular flexibility index (Phi) is 4.50. The highest BCUT2D eigenvalue weighted by molar-refractivity contribution is 9.10. The number of aliphatic hydroxyl groups is 1. The third kappa shape index (κ3) is 2.88. The largest absolute Gasteiger partial charge is 0.451 e. The van der Waals surface area contributed by atoms with Crippen molar-refractivity contribution in [2.45, 2.75) is 26.8 Å². The lowest BCUT2D eigenvalue weighted by Crippen LogP contribution is -2.41. The first kappa shape index (κ1) is 15.1. The highest BCUT2D eigenvalue weighted by atomic mass is 79.9. The molecule has 0 aliphatic heterocycles. The minimum absolute atomic E-state index is 0.0891. The van der Waals surface area contributed by atoms with Gasteiger partial charge in [0.25, 0.3) is 5.91 Å². The second kappa shape index (κ2) is 5.97. The summed E-state index contributed by atoms with van der Waals surface area (Å²) in [6.07, 6.45) is 0. The molecule has 1 aromatic carbocycles. The molecule has 5 heteroatoms. The normalized spacial score (nSPS) is 12.9. The molecule has 2 rings (SSSR count). The van der Waals surface area contributed by atoms with Crippen molar-refractivity contribution in [3.63, 3.8) is 0 Å². The van der Waals surface area contributed by atoms with Crippen molar-refractivity contribution in [3.8, 4) is 0 Å². The Morgan fingerprint density at radius 3 is 2.75 bits per heavy atom. The van der Waals surface area contributed by atoms with Gasteiger partial charge in [-0.2, -0.15) is 0 Å². The molecule has 0 spiro atoms. The zero-order valence-electron chi connectivity index (χ0n) is 11.7. The van der Waals surface area contributed by atoms with E-state index in [0.29, 0.717) is 11.3 Å². The average Bonchev–Trinajstić information content (AvgIpc) is 2.73. The highest BCUT2D eigenvalue weighted by Crippen LogP contribution is 2.28. The maximum absolute atomic E-state index is 12.3. The van der Waals surface area contributed by atoms with Gasteiger partial charge in [-0.25, -0.2) is 0 Å². The maximum atomic E-state index is 12.3. The van der Waals surface area contributed by atoms with Crippen LogP contribution in [0.15, 0.2) is 27.1 Å². The lowest BCUT2D eigenvalue weighted by molar-refractivity contribution is 0.0870. The van der Waals surface area contributed by atoms with E-state index in [0.717, 1.165) is 15.4 Å². The van der Waals surface area contributed by atoms with Crippen molar-refractivity contribution in [3.05, 3.63) is 34.0 Å². The molecule has 20 heavy (non-hydrogen) atoms. The van der Waals surface area contributed by atoms with Crippen molar-refractivity contribution < 1.29 is 14.3 Å². The fraction of sp³-hybridized carbons (Fsp3) is 0.400. The summed E-state index contributed by atoms with van der Waals surface area (Å²) in [5.74, 6) is 0.169. The molecule has 4 nitrogen and oxygen atoms in total. The Bertz CT molecular complexity index is 633. The standard InChI is InChI=1S/C15H18BrNO3/c1-8(2)12(7-18)17-15(19)14-9(3)11-6-10(16)4-5-13(11)20-14/h4-6,8,12,18H,7H2,1-3H3,(H,17,19). The maximum Gasteiger partial charge on any atom is 0.287 e. The average molecular weight is 340 g/mol. The molecule has 0 saturated heterocycles. The number of halogens is 1. The molecule has 1 atom stereocenters. The van der Waals surface area contributed by atoms with Gasteiger partial charge in [0.2, 0.25) is 0 Å². The molecule has 2 aromatic rings. The number of fused-ring (bicyclic) bond motifs is 1. The lowest BCUT2D eigenvalue weighted by Gasteiger charge is -2.19. The second-order valence-corrected chi connectivity index (χ2v) is 6.12. The summed E-state index contributed by atoms with van der Waals surface area (Å²) >= 11 is 3.41. The molecule has 1 aromatic heterocycles. The topological polar surface area (TPSA) is 62.5 Å². The first-order valence-corrected chi connectivity index (χ1v) is 7.33. The molecule has 1 unspecified atom stereocenters. The number of amides is 1. The van der Waals surface area contributed by atoms with E-state index in [4.69, 9.17) is 4.42 Å². The molecule has 0 bridgehead atoms. The van der Waals surface area contributed by atoms with Gasteiger partial charge >= 0.3 is 0 Å². The summed E-state index contributed by atoms with van der Waals surface area (Å²) in [6.45, 7) is 5.66. The third-order valence-electron chi connectivity index (χ3n) is 3.42. The summed E-state index contributed by atoms with van der Waals surface area (Å²) in [5.41, 5.74) is 1.49. The van der Waals surface area contributed by atoms with Crippen molar-refractivity contribution in [2.24, 2.45) is 5.92 Å². The van der Waals surface area contributed by atoms with E-state index in [1.54, 1.807) is 0 Å². The number of furan rings is 1. The van der Waals surface area contributed by atoms with Gasteiger partial charge in [0.05, 0.1) is 12.6 Å². The zero-order chi connectivity index (χ0) is 14.9. The van der Waals surface area contributed by atoms with Gasteiger partial charge in [-0.05, 0) is 31.0 Å². The van der Waals surface area contributed by atoms with Crippen molar-refractivity contribution >= 4 is 32.8 Å². The van der Waals surface area contributed by atoms with Crippen LogP contribution >= 0.6 is 15.9 Å². The zero-order valence-corrected chi connectivity index (χ0v) is 13.3. The van der Waals surface area contributed by atoms with Crippen LogP contribution in [0.25, 0.3) is 11.0 Å². The van der Waals surface area contributed by atoms with Gasteiger partial charge in [-0.15, -0.1) is 0 Å². The molecule has 0 radical (unpaired) electrons. The summed E-state index contributed by atoms with van der Waals surface area (Å²) in [7, 11) is 0. The van der Waals surface area contributed by atoms with Gasteiger partial charge < -0.3 is 14.8 Å². The molecule has 0 aliphatic carbocycles. The molecular weight excluding hydrogens is 322 g/mol. The summed E-state index contributed by atoms with van der Waals surface area (Å²) in [5, 5.41) is 13.0. The Balaban J connectivity index is 2.33. The summed E-state index contributed by atoms with van der Waals surface area (Å²) in [4.78, 5) is 12.3. The number of carbonyl (C=O) groups is 1. The SMILES string of the molecule is Cc1c(C(=O)NC(CO)C(C)C)oc2ccc(Br)cc12. The number of hydrogen-bond acceptors (Lipinski definition) is 3. The van der Waals surface area contributed by atoms with Crippen LogP contribution in [0, 0.1) is 12.8 Å². The van der Waals surface area contributed by atoms with Crippen LogP contribution in [0.4, 0.5) is 0 Å². The van der Waals surface area contributed by atoms with Crippen LogP contribution in [-0.4, -0.2) is 23.7 Å². The quantitative estimate of drug-likeness (QED) is 0.898. The fourth-order valence-electron chi connectivity index (χ4n) is 2.07. The van der Waals surface area contributed by atoms with E-state index < -0.39 is 0 Å². The smallest absolute Gasteiger partial charge is 0.287 e. The number of benzene rings is 1. The van der Waals surface area contributed by atoms with Crippen LogP contribution < -0.4 is 5.32 Å². The van der Waals surface area contributed by atoms with Crippen LogP contribution in [0.3, 0.4) is 0 Å². The predicted molar refractivity (Wildman–Crippen MR) is 81.8 cm³/mol. The molecule has 1 amide bonds. The van der Waals surface area contributed by atoms with Gasteiger partial charge in [-0.1, -0.05) is 29.8 Å². The van der Waals surface area contributed by atoms with E-state index in [9.17, 15) is 9.90 Å². The number of carbonyl (C=O) groups excluding carboxylic acids is 1. The Labute approximate surface area is 126 Å². The molecule has 0 aliphatic rings. The van der Waals surface area contributed by atoms with Gasteiger partial charge in [0.15, 0.2) is 5.76 Å². The second-order valence-electron chi connectivity index (χ2n) is 5.20. The molecule has 2 N–H and O–H groups in total.